The van der Waals surface area contributed by atoms with Crippen LogP contribution in [0.15, 0.2) is 72.9 Å². The van der Waals surface area contributed by atoms with Gasteiger partial charge in [-0.15, -0.1) is 0 Å². The Hall–Kier alpha value is -1.89. The molecule has 0 radical (unpaired) electrons. The standard InChI is InChI=1S/C16H20O/c1-2-3-4-5-6-7-8-9-10-11-12-13-14-15-16-17/h2-3,5-6,8-16H,4,7H2,1H3/b3-2-,6-5-,9-8+,11-10+,13-12+,15-14+. The van der Waals surface area contributed by atoms with E-state index < -0.39 is 0 Å². The fourth-order valence-corrected chi connectivity index (χ4v) is 1.01. The van der Waals surface area contributed by atoms with Crippen LogP contribution in [0.25, 0.3) is 0 Å². The van der Waals surface area contributed by atoms with Crippen molar-refractivity contribution in [1.82, 2.24) is 0 Å². The summed E-state index contributed by atoms with van der Waals surface area (Å²) >= 11 is 0. The molecule has 0 rings (SSSR count). The summed E-state index contributed by atoms with van der Waals surface area (Å²) in [6.45, 7) is 2.02. The van der Waals surface area contributed by atoms with E-state index in [0.29, 0.717) is 0 Å². The number of hydrogen-bond acceptors (Lipinski definition) is 1. The normalized spacial score (nSPS) is 13.5. The second-order valence-corrected chi connectivity index (χ2v) is 3.23. The van der Waals surface area contributed by atoms with Crippen molar-refractivity contribution < 1.29 is 4.79 Å². The van der Waals surface area contributed by atoms with Gasteiger partial charge in [-0.05, 0) is 25.8 Å². The van der Waals surface area contributed by atoms with E-state index in [1.54, 1.807) is 6.08 Å². The average Bonchev–Trinajstić information content (AvgIpc) is 2.35. The molecule has 0 N–H and O–H groups in total. The Labute approximate surface area is 104 Å². The topological polar surface area (TPSA) is 17.1 Å². The van der Waals surface area contributed by atoms with Crippen molar-refractivity contribution in [2.45, 2.75) is 19.8 Å². The van der Waals surface area contributed by atoms with Crippen LogP contribution in [-0.2, 0) is 4.79 Å². The lowest BCUT2D eigenvalue weighted by Gasteiger charge is -1.81. The molecule has 0 aromatic heterocycles. The highest BCUT2D eigenvalue weighted by Crippen LogP contribution is 1.91. The van der Waals surface area contributed by atoms with Gasteiger partial charge in [0, 0.05) is 0 Å². The molecule has 0 atom stereocenters. The molecule has 0 saturated heterocycles. The van der Waals surface area contributed by atoms with E-state index in [0.717, 1.165) is 19.1 Å². The van der Waals surface area contributed by atoms with Crippen molar-refractivity contribution in [1.29, 1.82) is 0 Å². The van der Waals surface area contributed by atoms with Gasteiger partial charge in [0.25, 0.3) is 0 Å². The highest BCUT2D eigenvalue weighted by Gasteiger charge is 1.70. The minimum Gasteiger partial charge on any atom is -0.299 e. The molecular weight excluding hydrogens is 208 g/mol. The molecule has 0 aliphatic carbocycles. The van der Waals surface area contributed by atoms with Gasteiger partial charge in [-0.3, -0.25) is 4.79 Å². The Kier molecular flexibility index (Phi) is 12.5. The van der Waals surface area contributed by atoms with E-state index in [1.807, 2.05) is 43.4 Å². The summed E-state index contributed by atoms with van der Waals surface area (Å²) < 4.78 is 0. The fourth-order valence-electron chi connectivity index (χ4n) is 1.01. The van der Waals surface area contributed by atoms with Gasteiger partial charge >= 0.3 is 0 Å². The number of aldehydes is 1. The zero-order valence-corrected chi connectivity index (χ0v) is 10.3. The number of hydrogen-bond donors (Lipinski definition) is 0. The van der Waals surface area contributed by atoms with Crippen LogP contribution in [0.1, 0.15) is 19.8 Å². The molecule has 0 aromatic carbocycles. The maximum Gasteiger partial charge on any atom is 0.142 e. The first kappa shape index (κ1) is 15.1. The molecule has 0 unspecified atom stereocenters. The largest absolute Gasteiger partial charge is 0.299 e. The summed E-state index contributed by atoms with van der Waals surface area (Å²) in [6, 6.07) is 0. The minimum absolute atomic E-state index is 0.758. The first-order chi connectivity index (χ1) is 8.41. The molecule has 0 aliphatic heterocycles. The van der Waals surface area contributed by atoms with Crippen LogP contribution in [0.5, 0.6) is 0 Å². The van der Waals surface area contributed by atoms with Crippen LogP contribution in [0.4, 0.5) is 0 Å². The van der Waals surface area contributed by atoms with Crippen molar-refractivity contribution in [3.8, 4) is 0 Å². The van der Waals surface area contributed by atoms with Crippen molar-refractivity contribution in [2.75, 3.05) is 0 Å². The average molecular weight is 228 g/mol. The molecule has 0 fully saturated rings. The number of carbonyl (C=O) groups excluding carboxylic acids is 1. The van der Waals surface area contributed by atoms with E-state index in [4.69, 9.17) is 0 Å². The minimum atomic E-state index is 0.758. The van der Waals surface area contributed by atoms with E-state index >= 15 is 0 Å². The summed E-state index contributed by atoms with van der Waals surface area (Å²) in [5.74, 6) is 0. The second-order valence-electron chi connectivity index (χ2n) is 3.23. The lowest BCUT2D eigenvalue weighted by atomic mass is 10.3. The first-order valence-electron chi connectivity index (χ1n) is 5.78. The summed E-state index contributed by atoms with van der Waals surface area (Å²) in [5, 5.41) is 0. The molecule has 0 spiro atoms. The number of carbonyl (C=O) groups is 1. The van der Waals surface area contributed by atoms with E-state index in [1.165, 1.54) is 6.08 Å². The Balaban J connectivity index is 3.62. The zero-order valence-electron chi connectivity index (χ0n) is 10.3. The molecule has 0 amide bonds. The monoisotopic (exact) mass is 228 g/mol. The predicted octanol–water partition coefficient (Wildman–Crippen LogP) is 4.32. The Morgan fingerprint density at radius 2 is 1.18 bits per heavy atom. The Bertz CT molecular complexity index is 339. The van der Waals surface area contributed by atoms with Gasteiger partial charge in [0.2, 0.25) is 0 Å². The van der Waals surface area contributed by atoms with E-state index in [-0.39, 0.29) is 0 Å². The summed E-state index contributed by atoms with van der Waals surface area (Å²) in [6.07, 6.45) is 26.0. The van der Waals surface area contributed by atoms with Gasteiger partial charge < -0.3 is 0 Å². The van der Waals surface area contributed by atoms with Crippen molar-refractivity contribution >= 4 is 6.29 Å². The van der Waals surface area contributed by atoms with Crippen LogP contribution in [0, 0.1) is 0 Å². The zero-order chi connectivity index (χ0) is 12.6. The van der Waals surface area contributed by atoms with E-state index in [2.05, 4.69) is 24.3 Å². The summed E-state index contributed by atoms with van der Waals surface area (Å²) in [7, 11) is 0. The van der Waals surface area contributed by atoms with E-state index in [9.17, 15) is 4.79 Å². The molecule has 0 aromatic rings. The molecule has 17 heavy (non-hydrogen) atoms. The maximum absolute atomic E-state index is 9.95. The van der Waals surface area contributed by atoms with Crippen molar-refractivity contribution in [2.24, 2.45) is 0 Å². The molecule has 0 saturated carbocycles. The van der Waals surface area contributed by atoms with Crippen molar-refractivity contribution in [3.05, 3.63) is 72.9 Å². The van der Waals surface area contributed by atoms with Gasteiger partial charge in [0.1, 0.15) is 6.29 Å². The molecule has 0 aliphatic rings. The highest BCUT2D eigenvalue weighted by molar-refractivity contribution is 5.65. The Morgan fingerprint density at radius 3 is 1.76 bits per heavy atom. The third-order valence-corrected chi connectivity index (χ3v) is 1.83. The third-order valence-electron chi connectivity index (χ3n) is 1.83. The van der Waals surface area contributed by atoms with Crippen LogP contribution in [0.3, 0.4) is 0 Å². The summed E-state index contributed by atoms with van der Waals surface area (Å²) in [4.78, 5) is 9.95. The smallest absolute Gasteiger partial charge is 0.142 e. The molecule has 1 nitrogen and oxygen atoms in total. The number of rotatable bonds is 8. The SMILES string of the molecule is C/C=C\C/C=C\C/C=C/C=C/C=C/C=C/C=O. The summed E-state index contributed by atoms with van der Waals surface area (Å²) in [5.41, 5.74) is 0. The third kappa shape index (κ3) is 14.1. The molecule has 0 heterocycles. The van der Waals surface area contributed by atoms with Gasteiger partial charge in [-0.2, -0.15) is 0 Å². The van der Waals surface area contributed by atoms with Crippen LogP contribution in [0.2, 0.25) is 0 Å². The lowest BCUT2D eigenvalue weighted by Crippen LogP contribution is -1.60. The molecule has 0 bridgehead atoms. The molecule has 1 heteroatoms. The first-order valence-corrected chi connectivity index (χ1v) is 5.78. The fraction of sp³-hybridized carbons (Fsp3) is 0.188. The predicted molar refractivity (Wildman–Crippen MR) is 75.8 cm³/mol. The van der Waals surface area contributed by atoms with Gasteiger partial charge in [0.15, 0.2) is 0 Å². The van der Waals surface area contributed by atoms with Crippen LogP contribution >= 0.6 is 0 Å². The van der Waals surface area contributed by atoms with Gasteiger partial charge in [0.05, 0.1) is 0 Å². The maximum atomic E-state index is 9.95. The second kappa shape index (κ2) is 14.1. The van der Waals surface area contributed by atoms with Gasteiger partial charge in [-0.25, -0.2) is 0 Å². The van der Waals surface area contributed by atoms with Crippen LogP contribution < -0.4 is 0 Å². The number of allylic oxidation sites excluding steroid dienone is 12. The Morgan fingerprint density at radius 1 is 0.647 bits per heavy atom. The molecular formula is C16H20O. The van der Waals surface area contributed by atoms with Gasteiger partial charge in [-0.1, -0.05) is 66.8 Å². The van der Waals surface area contributed by atoms with Crippen LogP contribution in [-0.4, -0.2) is 6.29 Å². The highest BCUT2D eigenvalue weighted by atomic mass is 16.1. The lowest BCUT2D eigenvalue weighted by molar-refractivity contribution is -0.104. The molecule has 90 valence electrons. The quantitative estimate of drug-likeness (QED) is 0.262. The van der Waals surface area contributed by atoms with Crippen molar-refractivity contribution in [3.63, 3.8) is 0 Å².